The second kappa shape index (κ2) is 4.59. The second-order valence-corrected chi connectivity index (χ2v) is 4.89. The number of pyridine rings is 1. The highest BCUT2D eigenvalue weighted by Crippen LogP contribution is 2.27. The highest BCUT2D eigenvalue weighted by Gasteiger charge is 2.18. The van der Waals surface area contributed by atoms with Crippen molar-refractivity contribution in [1.29, 1.82) is 0 Å². The number of hydrogen-bond acceptors (Lipinski definition) is 3. The number of halogens is 1. The number of imidazole rings is 1. The van der Waals surface area contributed by atoms with E-state index < -0.39 is 0 Å². The Hall–Kier alpha value is -2.43. The lowest BCUT2D eigenvalue weighted by molar-refractivity contribution is 0.565. The number of nitrogens with two attached hydrogens (primary N) is 1. The number of benzene rings is 1. The summed E-state index contributed by atoms with van der Waals surface area (Å²) in [5.41, 5.74) is 8.96. The smallest absolute Gasteiger partial charge is 0.203 e. The largest absolute Gasteiger partial charge is 0.369 e. The van der Waals surface area contributed by atoms with E-state index in [0.29, 0.717) is 17.2 Å². The fraction of sp³-hybridized carbons (Fsp3) is 0.200. The number of hydrogen-bond donors (Lipinski definition) is 1. The molecule has 2 heterocycles. The van der Waals surface area contributed by atoms with E-state index in [1.807, 2.05) is 26.0 Å². The van der Waals surface area contributed by atoms with E-state index in [1.165, 1.54) is 6.07 Å². The maximum atomic E-state index is 13.9. The molecule has 3 aromatic rings. The predicted molar refractivity (Wildman–Crippen MR) is 76.9 cm³/mol. The molecule has 0 amide bonds. The first-order valence-electron chi connectivity index (χ1n) is 6.42. The number of nitrogens with zero attached hydrogens (tertiary/aromatic N) is 3. The average Bonchev–Trinajstić information content (AvgIpc) is 2.73. The minimum Gasteiger partial charge on any atom is -0.369 e. The summed E-state index contributed by atoms with van der Waals surface area (Å²) in [6.07, 6.45) is 1.76. The summed E-state index contributed by atoms with van der Waals surface area (Å²) < 4.78 is 15.7. The Balaban J connectivity index is 2.19. The van der Waals surface area contributed by atoms with Crippen molar-refractivity contribution in [2.75, 3.05) is 5.73 Å². The summed E-state index contributed by atoms with van der Waals surface area (Å²) in [6.45, 7) is 3.83. The van der Waals surface area contributed by atoms with Gasteiger partial charge in [-0.2, -0.15) is 0 Å². The van der Waals surface area contributed by atoms with Gasteiger partial charge in [0.15, 0.2) is 5.65 Å². The quantitative estimate of drug-likeness (QED) is 0.778. The normalized spacial score (nSPS) is 12.8. The molecule has 0 aliphatic carbocycles. The minimum absolute atomic E-state index is 0.256. The number of nitrogen functional groups attached to an aromatic ring is 1. The molecule has 1 unspecified atom stereocenters. The number of fused-ring (bicyclic) bond motifs is 1. The van der Waals surface area contributed by atoms with Crippen LogP contribution in [0.2, 0.25) is 0 Å². The Morgan fingerprint density at radius 1 is 1.30 bits per heavy atom. The zero-order valence-electron chi connectivity index (χ0n) is 11.3. The molecule has 0 spiro atoms. The van der Waals surface area contributed by atoms with Crippen LogP contribution < -0.4 is 5.73 Å². The maximum absolute atomic E-state index is 13.9. The molecule has 1 aromatic carbocycles. The lowest BCUT2D eigenvalue weighted by atomic mass is 10.1. The van der Waals surface area contributed by atoms with Gasteiger partial charge in [-0.25, -0.2) is 14.4 Å². The molecule has 4 nitrogen and oxygen atoms in total. The lowest BCUT2D eigenvalue weighted by Crippen LogP contribution is -2.12. The summed E-state index contributed by atoms with van der Waals surface area (Å²) in [6, 6.07) is 8.32. The Morgan fingerprint density at radius 3 is 2.80 bits per heavy atom. The molecule has 0 saturated carbocycles. The van der Waals surface area contributed by atoms with Gasteiger partial charge >= 0.3 is 0 Å². The predicted octanol–water partition coefficient (Wildman–Crippen LogP) is 3.07. The molecule has 0 bridgehead atoms. The highest BCUT2D eigenvalue weighted by molar-refractivity contribution is 5.75. The third-order valence-corrected chi connectivity index (χ3v) is 3.44. The fourth-order valence-corrected chi connectivity index (χ4v) is 2.44. The van der Waals surface area contributed by atoms with Gasteiger partial charge in [0.1, 0.15) is 11.3 Å². The Bertz CT molecular complexity index is 779. The molecule has 0 aliphatic rings. The summed E-state index contributed by atoms with van der Waals surface area (Å²) in [5.74, 6) is 0.0854. The van der Waals surface area contributed by atoms with Crippen molar-refractivity contribution in [3.05, 3.63) is 53.5 Å². The number of rotatable bonds is 2. The minimum atomic E-state index is -0.267. The topological polar surface area (TPSA) is 56.7 Å². The van der Waals surface area contributed by atoms with Crippen LogP contribution in [0.3, 0.4) is 0 Å². The summed E-state index contributed by atoms with van der Waals surface area (Å²) in [7, 11) is 0. The number of aromatic nitrogens is 3. The van der Waals surface area contributed by atoms with Gasteiger partial charge in [-0.3, -0.25) is 4.57 Å². The van der Waals surface area contributed by atoms with Gasteiger partial charge in [-0.1, -0.05) is 18.2 Å². The van der Waals surface area contributed by atoms with Gasteiger partial charge < -0.3 is 5.73 Å². The van der Waals surface area contributed by atoms with E-state index in [1.54, 1.807) is 22.9 Å². The van der Waals surface area contributed by atoms with Crippen molar-refractivity contribution < 1.29 is 4.39 Å². The fourth-order valence-electron chi connectivity index (χ4n) is 2.44. The van der Waals surface area contributed by atoms with Gasteiger partial charge in [0.05, 0.1) is 6.04 Å². The molecule has 0 fully saturated rings. The molecule has 2 N–H and O–H groups in total. The Morgan fingerprint density at radius 2 is 2.05 bits per heavy atom. The number of anilines is 1. The van der Waals surface area contributed by atoms with E-state index >= 15 is 0 Å². The molecule has 0 radical (unpaired) electrons. The first kappa shape index (κ1) is 12.6. The van der Waals surface area contributed by atoms with Crippen molar-refractivity contribution in [2.45, 2.75) is 19.9 Å². The van der Waals surface area contributed by atoms with Crippen molar-refractivity contribution in [3.63, 3.8) is 0 Å². The van der Waals surface area contributed by atoms with E-state index in [-0.39, 0.29) is 11.9 Å². The van der Waals surface area contributed by atoms with Crippen LogP contribution in [0.4, 0.5) is 10.3 Å². The zero-order valence-corrected chi connectivity index (χ0v) is 11.3. The molecule has 0 saturated heterocycles. The van der Waals surface area contributed by atoms with E-state index in [2.05, 4.69) is 9.97 Å². The van der Waals surface area contributed by atoms with Crippen LogP contribution in [0.15, 0.2) is 36.5 Å². The van der Waals surface area contributed by atoms with Gasteiger partial charge in [-0.15, -0.1) is 0 Å². The van der Waals surface area contributed by atoms with Crippen LogP contribution in [0.1, 0.15) is 24.1 Å². The number of aryl methyl sites for hydroxylation is 1. The molecule has 3 rings (SSSR count). The van der Waals surface area contributed by atoms with Gasteiger partial charge in [0, 0.05) is 11.8 Å². The standard InChI is InChI=1S/C15H15FN4/c1-9-7-13-14(18-8-9)20(15(17)19-13)10(2)11-5-3-4-6-12(11)16/h3-8,10H,1-2H3,(H2,17,19). The lowest BCUT2D eigenvalue weighted by Gasteiger charge is -2.16. The molecule has 5 heteroatoms. The zero-order chi connectivity index (χ0) is 14.3. The van der Waals surface area contributed by atoms with Crippen LogP contribution in [-0.4, -0.2) is 14.5 Å². The van der Waals surface area contributed by atoms with E-state index in [0.717, 1.165) is 11.1 Å². The Kier molecular flexibility index (Phi) is 2.89. The van der Waals surface area contributed by atoms with Crippen molar-refractivity contribution in [1.82, 2.24) is 14.5 Å². The first-order chi connectivity index (χ1) is 9.58. The maximum Gasteiger partial charge on any atom is 0.203 e. The Labute approximate surface area is 116 Å². The van der Waals surface area contributed by atoms with Crippen LogP contribution in [-0.2, 0) is 0 Å². The summed E-state index contributed by atoms with van der Waals surface area (Å²) in [5, 5.41) is 0. The molecular formula is C15H15FN4. The van der Waals surface area contributed by atoms with Gasteiger partial charge in [0.25, 0.3) is 0 Å². The van der Waals surface area contributed by atoms with Crippen LogP contribution in [0.5, 0.6) is 0 Å². The van der Waals surface area contributed by atoms with Crippen LogP contribution in [0.25, 0.3) is 11.2 Å². The second-order valence-electron chi connectivity index (χ2n) is 4.89. The highest BCUT2D eigenvalue weighted by atomic mass is 19.1. The molecule has 2 aromatic heterocycles. The summed E-state index contributed by atoms with van der Waals surface area (Å²) >= 11 is 0. The molecule has 102 valence electrons. The van der Waals surface area contributed by atoms with Crippen molar-refractivity contribution >= 4 is 17.1 Å². The summed E-state index contributed by atoms with van der Waals surface area (Å²) in [4.78, 5) is 8.68. The SMILES string of the molecule is Cc1cnc2c(c1)nc(N)n2C(C)c1ccccc1F. The van der Waals surface area contributed by atoms with Gasteiger partial charge in [-0.05, 0) is 31.5 Å². The first-order valence-corrected chi connectivity index (χ1v) is 6.42. The third-order valence-electron chi connectivity index (χ3n) is 3.44. The molecule has 20 heavy (non-hydrogen) atoms. The van der Waals surface area contributed by atoms with Crippen LogP contribution >= 0.6 is 0 Å². The van der Waals surface area contributed by atoms with Crippen molar-refractivity contribution in [3.8, 4) is 0 Å². The van der Waals surface area contributed by atoms with E-state index in [9.17, 15) is 4.39 Å². The van der Waals surface area contributed by atoms with E-state index in [4.69, 9.17) is 5.73 Å². The van der Waals surface area contributed by atoms with Crippen LogP contribution in [0, 0.1) is 12.7 Å². The average molecular weight is 270 g/mol. The third kappa shape index (κ3) is 1.91. The van der Waals surface area contributed by atoms with Gasteiger partial charge in [0.2, 0.25) is 5.95 Å². The monoisotopic (exact) mass is 270 g/mol. The molecule has 1 atom stereocenters. The molecule has 0 aliphatic heterocycles. The van der Waals surface area contributed by atoms with Crippen molar-refractivity contribution in [2.24, 2.45) is 0 Å². The molecular weight excluding hydrogens is 255 g/mol.